The van der Waals surface area contributed by atoms with Gasteiger partial charge < -0.3 is 10.2 Å². The van der Waals surface area contributed by atoms with Gasteiger partial charge in [-0.25, -0.2) is 4.98 Å². The van der Waals surface area contributed by atoms with Crippen molar-refractivity contribution in [1.82, 2.24) is 14.9 Å². The number of carbonyl (C=O) groups excluding carboxylic acids is 1. The predicted molar refractivity (Wildman–Crippen MR) is 99.7 cm³/mol. The van der Waals surface area contributed by atoms with Crippen LogP contribution in [0.25, 0.3) is 0 Å². The van der Waals surface area contributed by atoms with E-state index in [9.17, 15) is 4.79 Å². The third-order valence-corrected chi connectivity index (χ3v) is 4.91. The largest absolute Gasteiger partial charge is 0.362 e. The summed E-state index contributed by atoms with van der Waals surface area (Å²) in [5.74, 6) is 0.628. The van der Waals surface area contributed by atoms with E-state index in [0.717, 1.165) is 32.4 Å². The molecule has 1 N–H and O–H groups in total. The van der Waals surface area contributed by atoms with Crippen molar-refractivity contribution in [2.75, 3.05) is 18.4 Å². The molecule has 1 amide bonds. The third-order valence-electron chi connectivity index (χ3n) is 4.91. The zero-order valence-electron chi connectivity index (χ0n) is 15.2. The topological polar surface area (TPSA) is 58.1 Å². The monoisotopic (exact) mass is 338 g/mol. The molecule has 5 heteroatoms. The van der Waals surface area contributed by atoms with E-state index >= 15 is 0 Å². The summed E-state index contributed by atoms with van der Waals surface area (Å²) in [7, 11) is 0. The van der Waals surface area contributed by atoms with Crippen LogP contribution < -0.4 is 5.32 Å². The maximum absolute atomic E-state index is 12.5. The van der Waals surface area contributed by atoms with E-state index in [4.69, 9.17) is 0 Å². The van der Waals surface area contributed by atoms with E-state index < -0.39 is 0 Å². The Balaban J connectivity index is 1.77. The van der Waals surface area contributed by atoms with E-state index in [1.165, 1.54) is 16.7 Å². The molecule has 1 aromatic heterocycles. The van der Waals surface area contributed by atoms with E-state index in [1.807, 2.05) is 4.90 Å². The molecule has 2 heterocycles. The molecule has 1 atom stereocenters. The summed E-state index contributed by atoms with van der Waals surface area (Å²) >= 11 is 0. The van der Waals surface area contributed by atoms with Gasteiger partial charge in [0.25, 0.3) is 5.91 Å². The molecule has 0 saturated carbocycles. The van der Waals surface area contributed by atoms with Gasteiger partial charge in [0.15, 0.2) is 0 Å². The molecular formula is C20H26N4O. The maximum Gasteiger partial charge on any atom is 0.274 e. The Kier molecular flexibility index (Phi) is 5.31. The van der Waals surface area contributed by atoms with Crippen LogP contribution in [0, 0.1) is 13.8 Å². The zero-order valence-corrected chi connectivity index (χ0v) is 15.2. The average Bonchev–Trinajstić information content (AvgIpc) is 3.16. The summed E-state index contributed by atoms with van der Waals surface area (Å²) < 4.78 is 0. The van der Waals surface area contributed by atoms with Gasteiger partial charge in [0.2, 0.25) is 0 Å². The Hall–Kier alpha value is -2.43. The van der Waals surface area contributed by atoms with Crippen LogP contribution in [-0.2, 0) is 0 Å². The fourth-order valence-corrected chi connectivity index (χ4v) is 3.20. The molecule has 1 fully saturated rings. The van der Waals surface area contributed by atoms with Crippen LogP contribution >= 0.6 is 0 Å². The average molecular weight is 338 g/mol. The third kappa shape index (κ3) is 3.98. The quantitative estimate of drug-likeness (QED) is 0.898. The molecule has 1 aromatic carbocycles. The number of anilines is 1. The van der Waals surface area contributed by atoms with Gasteiger partial charge in [-0.3, -0.25) is 9.78 Å². The second-order valence-corrected chi connectivity index (χ2v) is 6.74. The minimum Gasteiger partial charge on any atom is -0.362 e. The first-order valence-corrected chi connectivity index (χ1v) is 9.03. The van der Waals surface area contributed by atoms with E-state index in [1.54, 1.807) is 12.4 Å². The van der Waals surface area contributed by atoms with Crippen molar-refractivity contribution in [3.8, 4) is 0 Å². The zero-order chi connectivity index (χ0) is 17.8. The lowest BCUT2D eigenvalue weighted by Crippen LogP contribution is -2.28. The van der Waals surface area contributed by atoms with Gasteiger partial charge in [0, 0.05) is 13.1 Å². The van der Waals surface area contributed by atoms with Gasteiger partial charge in [-0.15, -0.1) is 0 Å². The highest BCUT2D eigenvalue weighted by Gasteiger charge is 2.21. The molecule has 1 aliphatic rings. The van der Waals surface area contributed by atoms with Crippen molar-refractivity contribution in [1.29, 1.82) is 0 Å². The molecule has 5 nitrogen and oxygen atoms in total. The summed E-state index contributed by atoms with van der Waals surface area (Å²) in [6, 6.07) is 6.65. The normalized spacial score (nSPS) is 15.2. The van der Waals surface area contributed by atoms with Crippen LogP contribution in [0.15, 0.2) is 30.6 Å². The fraction of sp³-hybridized carbons (Fsp3) is 0.450. The number of aryl methyl sites for hydroxylation is 2. The van der Waals surface area contributed by atoms with Gasteiger partial charge in [0.05, 0.1) is 18.4 Å². The van der Waals surface area contributed by atoms with Crippen molar-refractivity contribution < 1.29 is 4.79 Å². The van der Waals surface area contributed by atoms with Gasteiger partial charge >= 0.3 is 0 Å². The van der Waals surface area contributed by atoms with Gasteiger partial charge in [-0.2, -0.15) is 0 Å². The highest BCUT2D eigenvalue weighted by Crippen LogP contribution is 2.23. The lowest BCUT2D eigenvalue weighted by molar-refractivity contribution is 0.0786. The highest BCUT2D eigenvalue weighted by molar-refractivity contribution is 5.92. The summed E-state index contributed by atoms with van der Waals surface area (Å²) in [6.07, 6.45) is 6.31. The van der Waals surface area contributed by atoms with Crippen LogP contribution in [0.2, 0.25) is 0 Å². The molecule has 2 aromatic rings. The maximum atomic E-state index is 12.5. The lowest BCUT2D eigenvalue weighted by Gasteiger charge is -2.20. The Morgan fingerprint density at radius 1 is 1.20 bits per heavy atom. The van der Waals surface area contributed by atoms with E-state index in [0.29, 0.717) is 11.5 Å². The molecule has 1 aliphatic heterocycles. The molecule has 0 aliphatic carbocycles. The molecular weight excluding hydrogens is 312 g/mol. The molecule has 0 spiro atoms. The van der Waals surface area contributed by atoms with Crippen molar-refractivity contribution in [2.45, 2.75) is 46.1 Å². The van der Waals surface area contributed by atoms with Crippen LogP contribution in [0.3, 0.4) is 0 Å². The molecule has 1 saturated heterocycles. The minimum absolute atomic E-state index is 0.0205. The van der Waals surface area contributed by atoms with E-state index in [2.05, 4.69) is 54.3 Å². The standard InChI is InChI=1S/C20H26N4O/c1-4-17(16-8-7-14(2)15(3)11-16)22-19-13-21-12-18(23-19)20(25)24-9-5-6-10-24/h7-8,11-13,17H,4-6,9-10H2,1-3H3,(H,22,23). The second kappa shape index (κ2) is 7.64. The number of hydrogen-bond donors (Lipinski definition) is 1. The summed E-state index contributed by atoms with van der Waals surface area (Å²) in [5, 5.41) is 3.43. The highest BCUT2D eigenvalue weighted by atomic mass is 16.2. The number of nitrogens with one attached hydrogen (secondary N) is 1. The smallest absolute Gasteiger partial charge is 0.274 e. The Labute approximate surface area is 149 Å². The predicted octanol–water partition coefficient (Wildman–Crippen LogP) is 3.89. The fourth-order valence-electron chi connectivity index (χ4n) is 3.20. The van der Waals surface area contributed by atoms with Gasteiger partial charge in [0.1, 0.15) is 11.5 Å². The van der Waals surface area contributed by atoms with Crippen LogP contribution in [-0.4, -0.2) is 33.9 Å². The van der Waals surface area contributed by atoms with Gasteiger partial charge in [-0.1, -0.05) is 25.1 Å². The molecule has 3 rings (SSSR count). The van der Waals surface area contributed by atoms with Crippen molar-refractivity contribution in [3.05, 3.63) is 53.0 Å². The number of nitrogens with zero attached hydrogens (tertiary/aromatic N) is 3. The molecule has 1 unspecified atom stereocenters. The second-order valence-electron chi connectivity index (χ2n) is 6.74. The number of amides is 1. The van der Waals surface area contributed by atoms with Crippen LogP contribution in [0.4, 0.5) is 5.82 Å². The number of carbonyl (C=O) groups is 1. The van der Waals surface area contributed by atoms with Crippen LogP contribution in [0.5, 0.6) is 0 Å². The first-order chi connectivity index (χ1) is 12.1. The first-order valence-electron chi connectivity index (χ1n) is 9.03. The van der Waals surface area contributed by atoms with Crippen LogP contribution in [0.1, 0.15) is 59.4 Å². The number of rotatable bonds is 5. The number of benzene rings is 1. The molecule has 25 heavy (non-hydrogen) atoms. The first kappa shape index (κ1) is 17.4. The summed E-state index contributed by atoms with van der Waals surface area (Å²) in [4.78, 5) is 23.1. The molecule has 132 valence electrons. The minimum atomic E-state index is -0.0205. The number of aromatic nitrogens is 2. The Bertz CT molecular complexity index is 753. The number of likely N-dealkylation sites (tertiary alicyclic amines) is 1. The van der Waals surface area contributed by atoms with Crippen molar-refractivity contribution in [2.24, 2.45) is 0 Å². The van der Waals surface area contributed by atoms with Crippen molar-refractivity contribution in [3.63, 3.8) is 0 Å². The summed E-state index contributed by atoms with van der Waals surface area (Å²) in [5.41, 5.74) is 4.21. The Morgan fingerprint density at radius 2 is 1.96 bits per heavy atom. The molecule has 0 bridgehead atoms. The van der Waals surface area contributed by atoms with Gasteiger partial charge in [-0.05, 0) is 49.8 Å². The summed E-state index contributed by atoms with van der Waals surface area (Å²) in [6.45, 7) is 8.02. The molecule has 0 radical (unpaired) electrons. The van der Waals surface area contributed by atoms with E-state index in [-0.39, 0.29) is 11.9 Å². The SMILES string of the molecule is CCC(Nc1cncc(C(=O)N2CCCC2)n1)c1ccc(C)c(C)c1. The lowest BCUT2D eigenvalue weighted by atomic mass is 9.99. The number of hydrogen-bond acceptors (Lipinski definition) is 4. The van der Waals surface area contributed by atoms with Crippen molar-refractivity contribution >= 4 is 11.7 Å². The Morgan fingerprint density at radius 3 is 2.64 bits per heavy atom.